The van der Waals surface area contributed by atoms with Crippen molar-refractivity contribution in [2.45, 2.75) is 18.0 Å². The van der Waals surface area contributed by atoms with Gasteiger partial charge >= 0.3 is 0 Å². The van der Waals surface area contributed by atoms with E-state index in [4.69, 9.17) is 11.1 Å². The first-order valence-electron chi connectivity index (χ1n) is 3.48. The molecular formula is C8H11ClSSi. The molecule has 0 radical (unpaired) electrons. The van der Waals surface area contributed by atoms with Gasteiger partial charge in [-0.1, -0.05) is 25.2 Å². The maximum absolute atomic E-state index is 6.22. The van der Waals surface area contributed by atoms with Gasteiger partial charge in [-0.15, -0.1) is 12.6 Å². The number of halogens is 1. The predicted octanol–water partition coefficient (Wildman–Crippen LogP) is 2.63. The highest BCUT2D eigenvalue weighted by molar-refractivity contribution is 7.80. The molecule has 0 bridgehead atoms. The van der Waals surface area contributed by atoms with Gasteiger partial charge in [-0.3, -0.25) is 0 Å². The molecule has 0 atom stereocenters. The highest BCUT2D eigenvalue weighted by Gasteiger charge is 2.18. The standard InChI is InChI=1S/C8H11ClSSi/c1-11(2,9)8-5-3-7(10)4-6-8/h3-6,10H,1-2H3. The Morgan fingerprint density at radius 3 is 2.00 bits per heavy atom. The lowest BCUT2D eigenvalue weighted by Crippen LogP contribution is -2.34. The Kier molecular flexibility index (Phi) is 2.68. The SMILES string of the molecule is C[Si](C)(Cl)c1ccc(S)cc1. The smallest absolute Gasteiger partial charge is 0.162 e. The van der Waals surface area contributed by atoms with E-state index in [1.54, 1.807) is 0 Å². The second-order valence-corrected chi connectivity index (χ2v) is 9.89. The Morgan fingerprint density at radius 1 is 1.18 bits per heavy atom. The number of benzene rings is 1. The first-order valence-corrected chi connectivity index (χ1v) is 7.94. The van der Waals surface area contributed by atoms with Crippen LogP contribution < -0.4 is 5.19 Å². The van der Waals surface area contributed by atoms with Gasteiger partial charge in [0.05, 0.1) is 0 Å². The van der Waals surface area contributed by atoms with Crippen LogP contribution in [0.2, 0.25) is 13.1 Å². The fraction of sp³-hybridized carbons (Fsp3) is 0.250. The van der Waals surface area contributed by atoms with Crippen molar-refractivity contribution in [3.05, 3.63) is 24.3 Å². The molecule has 0 unspecified atom stereocenters. The fourth-order valence-corrected chi connectivity index (χ4v) is 2.34. The van der Waals surface area contributed by atoms with Crippen LogP contribution >= 0.6 is 23.7 Å². The van der Waals surface area contributed by atoms with Crippen LogP contribution in [0.5, 0.6) is 0 Å². The minimum absolute atomic E-state index is 0.990. The monoisotopic (exact) mass is 202 g/mol. The molecule has 1 rings (SSSR count). The summed E-state index contributed by atoms with van der Waals surface area (Å²) in [6.45, 7) is 4.23. The van der Waals surface area contributed by atoms with Crippen molar-refractivity contribution in [2.75, 3.05) is 0 Å². The van der Waals surface area contributed by atoms with Gasteiger partial charge in [-0.25, -0.2) is 0 Å². The number of hydrogen-bond donors (Lipinski definition) is 1. The quantitative estimate of drug-likeness (QED) is 0.404. The van der Waals surface area contributed by atoms with Crippen molar-refractivity contribution in [1.82, 2.24) is 0 Å². The van der Waals surface area contributed by atoms with E-state index in [-0.39, 0.29) is 0 Å². The summed E-state index contributed by atoms with van der Waals surface area (Å²) in [7, 11) is -1.62. The summed E-state index contributed by atoms with van der Waals surface area (Å²) in [6.07, 6.45) is 0. The molecule has 0 aromatic heterocycles. The Bertz CT molecular complexity index is 237. The Balaban J connectivity index is 2.99. The largest absolute Gasteiger partial charge is 0.180 e. The summed E-state index contributed by atoms with van der Waals surface area (Å²) in [6, 6.07) is 8.08. The van der Waals surface area contributed by atoms with E-state index in [2.05, 4.69) is 37.9 Å². The molecule has 0 N–H and O–H groups in total. The molecule has 0 fully saturated rings. The van der Waals surface area contributed by atoms with E-state index >= 15 is 0 Å². The molecule has 0 nitrogen and oxygen atoms in total. The molecule has 1 aromatic carbocycles. The van der Waals surface area contributed by atoms with Gasteiger partial charge < -0.3 is 0 Å². The van der Waals surface area contributed by atoms with Gasteiger partial charge in [0.25, 0.3) is 0 Å². The maximum atomic E-state index is 6.22. The molecule has 0 amide bonds. The first kappa shape index (κ1) is 9.17. The molecule has 0 aliphatic carbocycles. The highest BCUT2D eigenvalue weighted by atomic mass is 35.6. The van der Waals surface area contributed by atoms with Crippen molar-refractivity contribution in [1.29, 1.82) is 0 Å². The fourth-order valence-electron chi connectivity index (χ4n) is 0.858. The Labute approximate surface area is 78.7 Å². The van der Waals surface area contributed by atoms with Crippen LogP contribution in [0, 0.1) is 0 Å². The van der Waals surface area contributed by atoms with Gasteiger partial charge in [0.1, 0.15) is 0 Å². The Hall–Kier alpha value is 0.0769. The van der Waals surface area contributed by atoms with Crippen LogP contribution in [-0.2, 0) is 0 Å². The third kappa shape index (κ3) is 2.54. The molecule has 1 aromatic rings. The predicted molar refractivity (Wildman–Crippen MR) is 56.7 cm³/mol. The van der Waals surface area contributed by atoms with Crippen molar-refractivity contribution in [3.63, 3.8) is 0 Å². The van der Waals surface area contributed by atoms with E-state index in [0.717, 1.165) is 4.90 Å². The number of rotatable bonds is 1. The lowest BCUT2D eigenvalue weighted by molar-refractivity contribution is 1.49. The van der Waals surface area contributed by atoms with E-state index in [0.29, 0.717) is 0 Å². The second-order valence-electron chi connectivity index (χ2n) is 3.02. The number of hydrogen-bond acceptors (Lipinski definition) is 1. The zero-order chi connectivity index (χ0) is 8.48. The van der Waals surface area contributed by atoms with Gasteiger partial charge in [-0.05, 0) is 17.3 Å². The summed E-state index contributed by atoms with van der Waals surface area (Å²) in [5, 5.41) is 1.26. The summed E-state index contributed by atoms with van der Waals surface area (Å²) in [4.78, 5) is 0.990. The second kappa shape index (κ2) is 3.21. The summed E-state index contributed by atoms with van der Waals surface area (Å²) >= 11 is 10.4. The van der Waals surface area contributed by atoms with Crippen LogP contribution in [-0.4, -0.2) is 7.38 Å². The summed E-state index contributed by atoms with van der Waals surface area (Å²) in [5.41, 5.74) is 0. The summed E-state index contributed by atoms with van der Waals surface area (Å²) < 4.78 is 0. The van der Waals surface area contributed by atoms with E-state index in [1.807, 2.05) is 12.1 Å². The van der Waals surface area contributed by atoms with E-state index < -0.39 is 7.38 Å². The van der Waals surface area contributed by atoms with E-state index in [1.165, 1.54) is 5.19 Å². The molecule has 0 heterocycles. The molecule has 60 valence electrons. The maximum Gasteiger partial charge on any atom is 0.180 e. The molecule has 0 spiro atoms. The normalized spacial score (nSPS) is 11.6. The average Bonchev–Trinajstić information content (AvgIpc) is 1.86. The molecular weight excluding hydrogens is 192 g/mol. The molecule has 3 heteroatoms. The number of thiol groups is 1. The van der Waals surface area contributed by atoms with Crippen LogP contribution in [0.3, 0.4) is 0 Å². The van der Waals surface area contributed by atoms with Gasteiger partial charge in [0.2, 0.25) is 0 Å². The third-order valence-electron chi connectivity index (χ3n) is 1.55. The average molecular weight is 203 g/mol. The van der Waals surface area contributed by atoms with Gasteiger partial charge in [0.15, 0.2) is 7.38 Å². The van der Waals surface area contributed by atoms with Crippen molar-refractivity contribution in [2.24, 2.45) is 0 Å². The minimum Gasteiger partial charge on any atom is -0.162 e. The molecule has 0 aliphatic rings. The Morgan fingerprint density at radius 2 is 1.64 bits per heavy atom. The zero-order valence-electron chi connectivity index (χ0n) is 6.63. The minimum atomic E-state index is -1.62. The zero-order valence-corrected chi connectivity index (χ0v) is 9.28. The molecule has 11 heavy (non-hydrogen) atoms. The van der Waals surface area contributed by atoms with Gasteiger partial charge in [-0.2, -0.15) is 11.1 Å². The van der Waals surface area contributed by atoms with Crippen molar-refractivity contribution in [3.8, 4) is 0 Å². The third-order valence-corrected chi connectivity index (χ3v) is 4.21. The first-order chi connectivity index (χ1) is 5.00. The van der Waals surface area contributed by atoms with Crippen molar-refractivity contribution >= 4 is 36.3 Å². The van der Waals surface area contributed by atoms with Crippen LogP contribution in [0.4, 0.5) is 0 Å². The summed E-state index contributed by atoms with van der Waals surface area (Å²) in [5.74, 6) is 0. The highest BCUT2D eigenvalue weighted by Crippen LogP contribution is 2.10. The molecule has 0 saturated heterocycles. The van der Waals surface area contributed by atoms with Crippen LogP contribution in [0.25, 0.3) is 0 Å². The van der Waals surface area contributed by atoms with Crippen LogP contribution in [0.1, 0.15) is 0 Å². The topological polar surface area (TPSA) is 0 Å². The van der Waals surface area contributed by atoms with Crippen LogP contribution in [0.15, 0.2) is 29.2 Å². The molecule has 0 saturated carbocycles. The lowest BCUT2D eigenvalue weighted by Gasteiger charge is -2.12. The van der Waals surface area contributed by atoms with Gasteiger partial charge in [0, 0.05) is 4.90 Å². The lowest BCUT2D eigenvalue weighted by atomic mass is 10.4. The molecule has 0 aliphatic heterocycles. The van der Waals surface area contributed by atoms with Crippen molar-refractivity contribution < 1.29 is 0 Å². The van der Waals surface area contributed by atoms with E-state index in [9.17, 15) is 0 Å².